The van der Waals surface area contributed by atoms with Crippen molar-refractivity contribution in [3.63, 3.8) is 0 Å². The minimum Gasteiger partial charge on any atom is -0.493 e. The van der Waals surface area contributed by atoms with Gasteiger partial charge in [-0.05, 0) is 78.6 Å². The smallest absolute Gasteiger partial charge is 0.295 e. The maximum Gasteiger partial charge on any atom is 0.295 e. The topological polar surface area (TPSA) is 221 Å². The maximum atomic E-state index is 12.3. The minimum absolute atomic E-state index is 0.0194. The summed E-state index contributed by atoms with van der Waals surface area (Å²) in [5.74, 6) is 0.908. The quantitative estimate of drug-likeness (QED) is 0.0291. The molecule has 0 fully saturated rings. The van der Waals surface area contributed by atoms with Gasteiger partial charge in [0.15, 0.2) is 0 Å². The molecule has 0 atom stereocenters. The Morgan fingerprint density at radius 3 is 1.25 bits per heavy atom. The van der Waals surface area contributed by atoms with E-state index in [1.54, 1.807) is 6.07 Å². The van der Waals surface area contributed by atoms with Crippen molar-refractivity contribution in [2.24, 2.45) is 0 Å². The number of aryl methyl sites for hydroxylation is 2. The molecule has 0 radical (unpaired) electrons. The number of rotatable bonds is 48. The first-order chi connectivity index (χ1) is 35.6. The highest BCUT2D eigenvalue weighted by Crippen LogP contribution is 2.43. The van der Waals surface area contributed by atoms with Gasteiger partial charge in [0.2, 0.25) is 5.91 Å². The second-order valence-corrected chi connectivity index (χ2v) is 18.3. The SMILES string of the molecule is CCC(=O)CCOCCOCCOCCOCCOCCOCCOCCOCCOCCOCCOCCOCCNC(=O)CCCCCOc1cc(C)c2ccc3c(C)cc(S(=O)(=O)O)c4ccc1c2c34. The number of ketones is 1. The van der Waals surface area contributed by atoms with Crippen LogP contribution in [0.25, 0.3) is 32.3 Å². The van der Waals surface area contributed by atoms with Crippen LogP contribution >= 0.6 is 0 Å². The van der Waals surface area contributed by atoms with Gasteiger partial charge in [0.25, 0.3) is 10.1 Å². The molecule has 0 heterocycles. The van der Waals surface area contributed by atoms with Crippen molar-refractivity contribution in [2.45, 2.75) is 64.2 Å². The molecular formula is C53H81NO18S. The van der Waals surface area contributed by atoms with E-state index in [2.05, 4.69) is 11.4 Å². The summed E-state index contributed by atoms with van der Waals surface area (Å²) >= 11 is 0. The van der Waals surface area contributed by atoms with Crippen LogP contribution < -0.4 is 10.1 Å². The molecule has 1 amide bonds. The zero-order valence-corrected chi connectivity index (χ0v) is 44.2. The minimum atomic E-state index is -4.41. The van der Waals surface area contributed by atoms with Crippen LogP contribution in [0.1, 0.15) is 56.6 Å². The second kappa shape index (κ2) is 37.9. The maximum absolute atomic E-state index is 12.3. The molecule has 4 rings (SSSR count). The van der Waals surface area contributed by atoms with Gasteiger partial charge in [0.1, 0.15) is 16.4 Å². The predicted molar refractivity (Wildman–Crippen MR) is 276 cm³/mol. The molecule has 0 saturated carbocycles. The Morgan fingerprint density at radius 1 is 0.452 bits per heavy atom. The van der Waals surface area contributed by atoms with Gasteiger partial charge in [-0.15, -0.1) is 0 Å². The van der Waals surface area contributed by atoms with Gasteiger partial charge in [-0.3, -0.25) is 14.1 Å². The molecule has 0 spiro atoms. The first-order valence-corrected chi connectivity index (χ1v) is 27.1. The molecule has 19 nitrogen and oxygen atoms in total. The van der Waals surface area contributed by atoms with Gasteiger partial charge < -0.3 is 66.9 Å². The van der Waals surface area contributed by atoms with Crippen LogP contribution in [0.5, 0.6) is 5.75 Å². The molecular weight excluding hydrogens is 971 g/mol. The van der Waals surface area contributed by atoms with Crippen molar-refractivity contribution in [1.29, 1.82) is 0 Å². The average Bonchev–Trinajstić information content (AvgIpc) is 3.37. The van der Waals surface area contributed by atoms with Crippen molar-refractivity contribution < 1.29 is 84.1 Å². The third kappa shape index (κ3) is 25.1. The lowest BCUT2D eigenvalue weighted by Gasteiger charge is -2.18. The summed E-state index contributed by atoms with van der Waals surface area (Å²) in [6.45, 7) is 17.8. The number of nitrogens with one attached hydrogen (secondary N) is 1. The Balaban J connectivity index is 0.823. The number of carbonyl (C=O) groups excluding carboxylic acids is 2. The van der Waals surface area contributed by atoms with Crippen LogP contribution in [0.3, 0.4) is 0 Å². The predicted octanol–water partition coefficient (Wildman–Crippen LogP) is 6.07. The molecule has 0 saturated heterocycles. The number of carbonyl (C=O) groups is 2. The fourth-order valence-electron chi connectivity index (χ4n) is 7.58. The van der Waals surface area contributed by atoms with Crippen LogP contribution in [0.2, 0.25) is 0 Å². The van der Waals surface area contributed by atoms with E-state index in [0.717, 1.165) is 63.1 Å². The van der Waals surface area contributed by atoms with Crippen molar-refractivity contribution >= 4 is 54.1 Å². The first kappa shape index (κ1) is 61.8. The number of benzene rings is 4. The normalized spacial score (nSPS) is 12.0. The van der Waals surface area contributed by atoms with Gasteiger partial charge >= 0.3 is 0 Å². The van der Waals surface area contributed by atoms with E-state index in [4.69, 9.17) is 61.6 Å². The molecule has 0 aromatic heterocycles. The fraction of sp³-hybridized carbons (Fsp3) is 0.660. The Kier molecular flexibility index (Phi) is 32.1. The molecule has 73 heavy (non-hydrogen) atoms. The van der Waals surface area contributed by atoms with E-state index in [1.807, 2.05) is 39.0 Å². The van der Waals surface area contributed by atoms with Crippen molar-refractivity contribution in [1.82, 2.24) is 5.32 Å². The number of amides is 1. The lowest BCUT2D eigenvalue weighted by molar-refractivity contribution is -0.121. The molecule has 0 aliphatic heterocycles. The number of Topliss-reactive ketones (excluding diaryl/α,β-unsaturated/α-hetero) is 1. The van der Waals surface area contributed by atoms with Gasteiger partial charge in [-0.25, -0.2) is 0 Å². The summed E-state index contributed by atoms with van der Waals surface area (Å²) in [6, 6.07) is 11.2. The molecule has 412 valence electrons. The summed E-state index contributed by atoms with van der Waals surface area (Å²) in [4.78, 5) is 23.4. The number of hydrogen-bond acceptors (Lipinski definition) is 17. The monoisotopic (exact) mass is 1050 g/mol. The molecule has 2 N–H and O–H groups in total. The largest absolute Gasteiger partial charge is 0.493 e. The summed E-state index contributed by atoms with van der Waals surface area (Å²) in [7, 11) is -4.41. The molecule has 4 aromatic rings. The fourth-order valence-corrected chi connectivity index (χ4v) is 8.36. The molecule has 0 bridgehead atoms. The van der Waals surface area contributed by atoms with E-state index in [1.165, 1.54) is 6.07 Å². The van der Waals surface area contributed by atoms with E-state index in [9.17, 15) is 22.6 Å². The van der Waals surface area contributed by atoms with E-state index in [-0.39, 0.29) is 16.6 Å². The lowest BCUT2D eigenvalue weighted by atomic mass is 9.90. The van der Waals surface area contributed by atoms with E-state index >= 15 is 0 Å². The zero-order chi connectivity index (χ0) is 52.2. The van der Waals surface area contributed by atoms with E-state index in [0.29, 0.717) is 196 Å². The van der Waals surface area contributed by atoms with Crippen LogP contribution in [-0.4, -0.2) is 196 Å². The first-order valence-electron chi connectivity index (χ1n) is 25.6. The summed E-state index contributed by atoms with van der Waals surface area (Å²) in [5, 5.41) is 7.92. The summed E-state index contributed by atoms with van der Waals surface area (Å²) in [6.07, 6.45) is 3.75. The van der Waals surface area contributed by atoms with Crippen LogP contribution in [0.4, 0.5) is 0 Å². The highest BCUT2D eigenvalue weighted by atomic mass is 32.2. The van der Waals surface area contributed by atoms with Crippen LogP contribution in [-0.2, 0) is 76.5 Å². The zero-order valence-electron chi connectivity index (χ0n) is 43.4. The van der Waals surface area contributed by atoms with Crippen LogP contribution in [0.15, 0.2) is 41.3 Å². The van der Waals surface area contributed by atoms with Crippen LogP contribution in [0, 0.1) is 13.8 Å². The molecule has 0 aliphatic rings. The third-order valence-corrected chi connectivity index (χ3v) is 12.3. The molecule has 20 heteroatoms. The Bertz CT molecular complexity index is 2230. The molecule has 0 unspecified atom stereocenters. The van der Waals surface area contributed by atoms with Crippen molar-refractivity contribution in [2.75, 3.05) is 172 Å². The summed E-state index contributed by atoms with van der Waals surface area (Å²) < 4.78 is 107. The van der Waals surface area contributed by atoms with Crippen molar-refractivity contribution in [3.8, 4) is 5.75 Å². The highest BCUT2D eigenvalue weighted by Gasteiger charge is 2.21. The number of unbranched alkanes of at least 4 members (excludes halogenated alkanes) is 2. The van der Waals surface area contributed by atoms with Crippen molar-refractivity contribution in [3.05, 3.63) is 47.5 Å². The average molecular weight is 1050 g/mol. The Labute approximate surface area is 431 Å². The van der Waals surface area contributed by atoms with Gasteiger partial charge in [-0.1, -0.05) is 25.1 Å². The number of ether oxygens (including phenoxy) is 13. The Hall–Kier alpha value is -3.71. The second-order valence-electron chi connectivity index (χ2n) is 16.9. The third-order valence-electron chi connectivity index (χ3n) is 11.4. The van der Waals surface area contributed by atoms with Gasteiger partial charge in [0.05, 0.1) is 165 Å². The standard InChI is InChI=1S/C53H81NO18S/c1-4-44(55)13-16-60-18-20-62-22-24-64-26-28-66-30-32-68-34-36-70-38-39-71-37-35-69-33-31-67-29-27-65-25-23-63-21-19-61-17-14-54-51(56)8-6-5-7-15-72-49-40-42(2)45-9-10-46-43(3)41-50(73(57,58)59)48-12-11-47(49)52(45)53(46)48/h9-12,40-41H,4-8,13-39H2,1-3H3,(H,54,56)(H,57,58,59). The highest BCUT2D eigenvalue weighted by molar-refractivity contribution is 7.86. The van der Waals surface area contributed by atoms with Gasteiger partial charge in [0, 0.05) is 42.0 Å². The van der Waals surface area contributed by atoms with Gasteiger partial charge in [-0.2, -0.15) is 8.42 Å². The molecule has 4 aromatic carbocycles. The van der Waals surface area contributed by atoms with E-state index < -0.39 is 10.1 Å². The number of hydrogen-bond donors (Lipinski definition) is 2. The summed E-state index contributed by atoms with van der Waals surface area (Å²) in [5.41, 5.74) is 1.78. The Morgan fingerprint density at radius 2 is 0.822 bits per heavy atom. The lowest BCUT2D eigenvalue weighted by Crippen LogP contribution is -2.27. The molecule has 0 aliphatic carbocycles.